The van der Waals surface area contributed by atoms with Crippen LogP contribution in [0.1, 0.15) is 17.5 Å². The molecular weight excluding hydrogens is 439 g/mol. The molecule has 0 N–H and O–H groups in total. The molecule has 1 unspecified atom stereocenters. The molecule has 2 amide bonds. The Morgan fingerprint density at radius 2 is 1.74 bits per heavy atom. The molecule has 1 fully saturated rings. The van der Waals surface area contributed by atoms with Crippen LogP contribution >= 0.6 is 11.3 Å². The van der Waals surface area contributed by atoms with Crippen molar-refractivity contribution in [2.24, 2.45) is 0 Å². The number of thiophene rings is 1. The van der Waals surface area contributed by atoms with Gasteiger partial charge in [0, 0.05) is 6.54 Å². The van der Waals surface area contributed by atoms with E-state index in [1.54, 1.807) is 35.7 Å². The van der Waals surface area contributed by atoms with Gasteiger partial charge in [0.1, 0.15) is 16.1 Å². The van der Waals surface area contributed by atoms with Crippen LogP contribution in [-0.2, 0) is 26.2 Å². The minimum absolute atomic E-state index is 0.0728. The van der Waals surface area contributed by atoms with E-state index in [0.29, 0.717) is 11.3 Å². The molecule has 1 aliphatic rings. The summed E-state index contributed by atoms with van der Waals surface area (Å²) in [6.07, 6.45) is -0.265. The zero-order chi connectivity index (χ0) is 22.2. The number of amides is 2. The molecule has 0 aliphatic carbocycles. The number of hydrogen-bond donors (Lipinski definition) is 0. The fourth-order valence-electron chi connectivity index (χ4n) is 3.46. The molecule has 1 atom stereocenters. The minimum Gasteiger partial charge on any atom is -0.274 e. The van der Waals surface area contributed by atoms with Gasteiger partial charge in [-0.1, -0.05) is 35.9 Å². The lowest BCUT2D eigenvalue weighted by molar-refractivity contribution is -0.122. The number of benzene rings is 2. The van der Waals surface area contributed by atoms with E-state index in [4.69, 9.17) is 0 Å². The maximum absolute atomic E-state index is 13.4. The van der Waals surface area contributed by atoms with Gasteiger partial charge in [0.2, 0.25) is 5.91 Å². The quantitative estimate of drug-likeness (QED) is 0.528. The molecule has 160 valence electrons. The van der Waals surface area contributed by atoms with E-state index < -0.39 is 33.7 Å². The monoisotopic (exact) mass is 458 g/mol. The fraction of sp³-hybridized carbons (Fsp3) is 0.182. The van der Waals surface area contributed by atoms with Gasteiger partial charge in [0.05, 0.1) is 12.1 Å². The highest BCUT2D eigenvalue weighted by Crippen LogP contribution is 2.32. The van der Waals surface area contributed by atoms with E-state index in [1.165, 1.54) is 30.3 Å². The Labute approximate surface area is 183 Å². The topological polar surface area (TPSA) is 74.8 Å². The van der Waals surface area contributed by atoms with E-state index in [2.05, 4.69) is 0 Å². The van der Waals surface area contributed by atoms with Gasteiger partial charge in [-0.25, -0.2) is 17.7 Å². The van der Waals surface area contributed by atoms with Crippen LogP contribution in [0, 0.1) is 12.7 Å². The summed E-state index contributed by atoms with van der Waals surface area (Å²) < 4.78 is 41.2. The second-order valence-corrected chi connectivity index (χ2v) is 10.3. The molecule has 0 bridgehead atoms. The summed E-state index contributed by atoms with van der Waals surface area (Å²) in [5.74, 6) is -1.52. The van der Waals surface area contributed by atoms with E-state index in [9.17, 15) is 22.4 Å². The normalized spacial score (nSPS) is 17.0. The van der Waals surface area contributed by atoms with Crippen molar-refractivity contribution in [2.75, 3.05) is 4.90 Å². The van der Waals surface area contributed by atoms with Crippen molar-refractivity contribution in [2.45, 2.75) is 30.1 Å². The predicted molar refractivity (Wildman–Crippen MR) is 116 cm³/mol. The summed E-state index contributed by atoms with van der Waals surface area (Å²) in [7, 11) is -4.06. The molecule has 1 saturated heterocycles. The average molecular weight is 459 g/mol. The Hall–Kier alpha value is -2.88. The maximum atomic E-state index is 13.4. The van der Waals surface area contributed by atoms with Crippen molar-refractivity contribution >= 4 is 38.9 Å². The molecule has 31 heavy (non-hydrogen) atoms. The van der Waals surface area contributed by atoms with Gasteiger partial charge in [-0.15, -0.1) is 11.3 Å². The van der Waals surface area contributed by atoms with Crippen molar-refractivity contribution in [3.05, 3.63) is 83.0 Å². The lowest BCUT2D eigenvalue weighted by Gasteiger charge is -2.26. The van der Waals surface area contributed by atoms with Crippen LogP contribution < -0.4 is 4.90 Å². The average Bonchev–Trinajstić information content (AvgIpc) is 3.37. The SMILES string of the molecule is Cc1ccc(N2C(=O)CC(N(Cc3ccc(F)cc3)S(=O)(=O)c3cccs3)C2=O)cc1. The lowest BCUT2D eigenvalue weighted by Crippen LogP contribution is -2.44. The molecule has 9 heteroatoms. The van der Waals surface area contributed by atoms with Crippen molar-refractivity contribution in [1.29, 1.82) is 0 Å². The molecule has 0 saturated carbocycles. The third-order valence-corrected chi connectivity index (χ3v) is 8.30. The summed E-state index contributed by atoms with van der Waals surface area (Å²) in [5, 5.41) is 1.63. The lowest BCUT2D eigenvalue weighted by atomic mass is 10.2. The summed E-state index contributed by atoms with van der Waals surface area (Å²) in [4.78, 5) is 27.0. The highest BCUT2D eigenvalue weighted by molar-refractivity contribution is 7.91. The number of hydrogen-bond acceptors (Lipinski definition) is 5. The van der Waals surface area contributed by atoms with Crippen LogP contribution in [0.2, 0.25) is 0 Å². The number of halogens is 1. The zero-order valence-electron chi connectivity index (χ0n) is 16.6. The second-order valence-electron chi connectivity index (χ2n) is 7.23. The molecule has 0 radical (unpaired) electrons. The van der Waals surface area contributed by atoms with Crippen LogP contribution in [0.4, 0.5) is 10.1 Å². The first kappa shape index (κ1) is 21.4. The molecule has 1 aromatic heterocycles. The first-order valence-electron chi connectivity index (χ1n) is 9.50. The molecule has 2 heterocycles. The van der Waals surface area contributed by atoms with Crippen LogP contribution in [-0.4, -0.2) is 30.6 Å². The van der Waals surface area contributed by atoms with Crippen LogP contribution in [0.3, 0.4) is 0 Å². The van der Waals surface area contributed by atoms with Crippen LogP contribution in [0.25, 0.3) is 0 Å². The van der Waals surface area contributed by atoms with Gasteiger partial charge in [-0.2, -0.15) is 4.31 Å². The van der Waals surface area contributed by atoms with Crippen molar-refractivity contribution in [3.8, 4) is 0 Å². The van der Waals surface area contributed by atoms with E-state index >= 15 is 0 Å². The molecule has 2 aromatic carbocycles. The van der Waals surface area contributed by atoms with E-state index in [1.807, 2.05) is 6.92 Å². The van der Waals surface area contributed by atoms with Gasteiger partial charge < -0.3 is 0 Å². The Balaban J connectivity index is 1.72. The third-order valence-electron chi connectivity index (χ3n) is 5.07. The smallest absolute Gasteiger partial charge is 0.253 e. The zero-order valence-corrected chi connectivity index (χ0v) is 18.2. The van der Waals surface area contributed by atoms with Gasteiger partial charge >= 0.3 is 0 Å². The Morgan fingerprint density at radius 3 is 2.35 bits per heavy atom. The molecule has 6 nitrogen and oxygen atoms in total. The number of aryl methyl sites for hydroxylation is 1. The number of anilines is 1. The van der Waals surface area contributed by atoms with E-state index in [0.717, 1.165) is 26.1 Å². The predicted octanol–water partition coefficient (Wildman–Crippen LogP) is 3.72. The van der Waals surface area contributed by atoms with Crippen LogP contribution in [0.15, 0.2) is 70.3 Å². The van der Waals surface area contributed by atoms with Gasteiger partial charge in [0.25, 0.3) is 15.9 Å². The molecule has 3 aromatic rings. The number of sulfonamides is 1. The molecule has 1 aliphatic heterocycles. The van der Waals surface area contributed by atoms with Gasteiger partial charge in [-0.05, 0) is 48.2 Å². The maximum Gasteiger partial charge on any atom is 0.253 e. The summed E-state index contributed by atoms with van der Waals surface area (Å²) >= 11 is 1.03. The van der Waals surface area contributed by atoms with Gasteiger partial charge in [0.15, 0.2) is 0 Å². The van der Waals surface area contributed by atoms with E-state index in [-0.39, 0.29) is 17.2 Å². The number of carbonyl (C=O) groups is 2. The number of nitrogens with zero attached hydrogens (tertiary/aromatic N) is 2. The van der Waals surface area contributed by atoms with Gasteiger partial charge in [-0.3, -0.25) is 9.59 Å². The molecule has 0 spiro atoms. The number of carbonyl (C=O) groups excluding carboxylic acids is 2. The van der Waals surface area contributed by atoms with Crippen LogP contribution in [0.5, 0.6) is 0 Å². The standard InChI is InChI=1S/C22H19FN2O4S2/c1-15-4-10-18(11-5-15)25-20(26)13-19(22(25)27)24(14-16-6-8-17(23)9-7-16)31(28,29)21-3-2-12-30-21/h2-12,19H,13-14H2,1H3. The number of rotatable bonds is 6. The van der Waals surface area contributed by atoms with Crippen molar-refractivity contribution in [1.82, 2.24) is 4.31 Å². The summed E-state index contributed by atoms with van der Waals surface area (Å²) in [6, 6.07) is 14.1. The van der Waals surface area contributed by atoms with Crippen molar-refractivity contribution in [3.63, 3.8) is 0 Å². The highest BCUT2D eigenvalue weighted by Gasteiger charge is 2.47. The number of imide groups is 1. The fourth-order valence-corrected chi connectivity index (χ4v) is 6.15. The highest BCUT2D eigenvalue weighted by atomic mass is 32.2. The molecule has 4 rings (SSSR count). The Morgan fingerprint density at radius 1 is 1.06 bits per heavy atom. The minimum atomic E-state index is -4.06. The second kappa shape index (κ2) is 8.33. The van der Waals surface area contributed by atoms with Crippen molar-refractivity contribution < 1.29 is 22.4 Å². The summed E-state index contributed by atoms with van der Waals surface area (Å²) in [6.45, 7) is 1.73. The third kappa shape index (κ3) is 4.16. The Bertz CT molecular complexity index is 1210. The Kier molecular flexibility index (Phi) is 5.74. The largest absolute Gasteiger partial charge is 0.274 e. The first-order chi connectivity index (χ1) is 14.8. The molecular formula is C22H19FN2O4S2. The summed E-state index contributed by atoms with van der Waals surface area (Å²) in [5.41, 5.74) is 1.88. The first-order valence-corrected chi connectivity index (χ1v) is 11.8.